The topological polar surface area (TPSA) is 56.8 Å². The number of methoxy groups -OCH3 is 2. The molecule has 6 heteroatoms. The van der Waals surface area contributed by atoms with Gasteiger partial charge in [0.05, 0.1) is 26.4 Å². The van der Waals surface area contributed by atoms with Crippen molar-refractivity contribution in [3.63, 3.8) is 0 Å². The van der Waals surface area contributed by atoms with Crippen molar-refractivity contribution in [1.82, 2.24) is 5.32 Å². The Morgan fingerprint density at radius 1 is 1.08 bits per heavy atom. The number of carbonyl (C=O) groups excluding carboxylic acids is 1. The van der Waals surface area contributed by atoms with Gasteiger partial charge in [0.1, 0.15) is 11.6 Å². The minimum atomic E-state index is -0.629. The standard InChI is InChI=1S/C18H20FNO4/c1-4-24-16-8-5-12(9-17(16)23-3)11-20-18(21)14-7-6-13(22-2)10-15(14)19/h5-10H,4,11H2,1-3H3,(H,20,21). The Kier molecular flexibility index (Phi) is 6.01. The Bertz CT molecular complexity index is 718. The third-order valence-corrected chi connectivity index (χ3v) is 3.40. The summed E-state index contributed by atoms with van der Waals surface area (Å²) in [6, 6.07) is 9.47. The highest BCUT2D eigenvalue weighted by Gasteiger charge is 2.13. The smallest absolute Gasteiger partial charge is 0.254 e. The lowest BCUT2D eigenvalue weighted by Gasteiger charge is -2.12. The maximum atomic E-state index is 13.9. The number of benzene rings is 2. The molecule has 2 aromatic carbocycles. The van der Waals surface area contributed by atoms with Gasteiger partial charge in [-0.05, 0) is 36.8 Å². The lowest BCUT2D eigenvalue weighted by molar-refractivity contribution is 0.0947. The van der Waals surface area contributed by atoms with Gasteiger partial charge < -0.3 is 19.5 Å². The molecule has 128 valence electrons. The molecule has 1 amide bonds. The normalized spacial score (nSPS) is 10.2. The van der Waals surface area contributed by atoms with Crippen molar-refractivity contribution in [1.29, 1.82) is 0 Å². The largest absolute Gasteiger partial charge is 0.497 e. The molecule has 1 N–H and O–H groups in total. The number of nitrogens with one attached hydrogen (secondary N) is 1. The van der Waals surface area contributed by atoms with Gasteiger partial charge in [-0.3, -0.25) is 4.79 Å². The molecule has 24 heavy (non-hydrogen) atoms. The van der Waals surface area contributed by atoms with Crippen LogP contribution in [0.5, 0.6) is 17.2 Å². The molecule has 0 unspecified atom stereocenters. The highest BCUT2D eigenvalue weighted by atomic mass is 19.1. The second-order valence-corrected chi connectivity index (χ2v) is 4.95. The van der Waals surface area contributed by atoms with Crippen LogP contribution in [0.15, 0.2) is 36.4 Å². The molecule has 0 heterocycles. The van der Waals surface area contributed by atoms with Crippen molar-refractivity contribution in [3.05, 3.63) is 53.3 Å². The zero-order chi connectivity index (χ0) is 17.5. The van der Waals surface area contributed by atoms with Crippen LogP contribution in [0.4, 0.5) is 4.39 Å². The SMILES string of the molecule is CCOc1ccc(CNC(=O)c2ccc(OC)cc2F)cc1OC. The van der Waals surface area contributed by atoms with Gasteiger partial charge in [0.25, 0.3) is 5.91 Å². The second-order valence-electron chi connectivity index (χ2n) is 4.95. The molecule has 0 fully saturated rings. The van der Waals surface area contributed by atoms with Gasteiger partial charge in [-0.2, -0.15) is 0 Å². The van der Waals surface area contributed by atoms with E-state index in [9.17, 15) is 9.18 Å². The maximum absolute atomic E-state index is 13.9. The molecule has 2 rings (SSSR count). The van der Waals surface area contributed by atoms with Crippen LogP contribution in [0.25, 0.3) is 0 Å². The van der Waals surface area contributed by atoms with Crippen LogP contribution in [0, 0.1) is 5.82 Å². The maximum Gasteiger partial charge on any atom is 0.254 e. The average molecular weight is 333 g/mol. The summed E-state index contributed by atoms with van der Waals surface area (Å²) >= 11 is 0. The van der Waals surface area contributed by atoms with Gasteiger partial charge >= 0.3 is 0 Å². The highest BCUT2D eigenvalue weighted by molar-refractivity contribution is 5.94. The summed E-state index contributed by atoms with van der Waals surface area (Å²) in [6.07, 6.45) is 0. The van der Waals surface area contributed by atoms with E-state index in [2.05, 4.69) is 5.32 Å². The van der Waals surface area contributed by atoms with Crippen molar-refractivity contribution >= 4 is 5.91 Å². The first-order valence-electron chi connectivity index (χ1n) is 7.50. The molecule has 0 bridgehead atoms. The van der Waals surface area contributed by atoms with Crippen molar-refractivity contribution in [2.24, 2.45) is 0 Å². The van der Waals surface area contributed by atoms with E-state index in [1.54, 1.807) is 19.2 Å². The molecule has 0 radical (unpaired) electrons. The van der Waals surface area contributed by atoms with E-state index in [-0.39, 0.29) is 12.1 Å². The molecule has 2 aromatic rings. The second kappa shape index (κ2) is 8.19. The monoisotopic (exact) mass is 333 g/mol. The van der Waals surface area contributed by atoms with E-state index in [0.29, 0.717) is 23.9 Å². The molecule has 0 aliphatic carbocycles. The molecule has 0 spiro atoms. The van der Waals surface area contributed by atoms with Gasteiger partial charge in [-0.15, -0.1) is 0 Å². The zero-order valence-electron chi connectivity index (χ0n) is 13.9. The summed E-state index contributed by atoms with van der Waals surface area (Å²) in [5.74, 6) is 0.454. The molecular weight excluding hydrogens is 313 g/mol. The molecule has 0 atom stereocenters. The zero-order valence-corrected chi connectivity index (χ0v) is 13.9. The Hall–Kier alpha value is -2.76. The molecule has 0 saturated heterocycles. The van der Waals surface area contributed by atoms with Crippen LogP contribution in [0.3, 0.4) is 0 Å². The molecule has 5 nitrogen and oxygen atoms in total. The van der Waals surface area contributed by atoms with Crippen molar-refractivity contribution in [2.75, 3.05) is 20.8 Å². The molecule has 0 aliphatic heterocycles. The number of hydrogen-bond donors (Lipinski definition) is 1. The number of carbonyl (C=O) groups is 1. The van der Waals surface area contributed by atoms with Crippen molar-refractivity contribution in [3.8, 4) is 17.2 Å². The summed E-state index contributed by atoms with van der Waals surface area (Å²) < 4.78 is 29.5. The van der Waals surface area contributed by atoms with Crippen LogP contribution in [0.2, 0.25) is 0 Å². The Balaban J connectivity index is 2.06. The van der Waals surface area contributed by atoms with Gasteiger partial charge in [0.15, 0.2) is 11.5 Å². The fraction of sp³-hybridized carbons (Fsp3) is 0.278. The van der Waals surface area contributed by atoms with Gasteiger partial charge in [-0.1, -0.05) is 6.07 Å². The first-order chi connectivity index (χ1) is 11.6. The lowest BCUT2D eigenvalue weighted by atomic mass is 10.1. The van der Waals surface area contributed by atoms with E-state index in [1.165, 1.54) is 25.3 Å². The third-order valence-electron chi connectivity index (χ3n) is 3.40. The van der Waals surface area contributed by atoms with Crippen LogP contribution in [-0.2, 0) is 6.54 Å². The fourth-order valence-corrected chi connectivity index (χ4v) is 2.18. The number of ether oxygens (including phenoxy) is 3. The summed E-state index contributed by atoms with van der Waals surface area (Å²) in [4.78, 5) is 12.1. The third kappa shape index (κ3) is 4.16. The van der Waals surface area contributed by atoms with E-state index in [0.717, 1.165) is 5.56 Å². The summed E-state index contributed by atoms with van der Waals surface area (Å²) in [7, 11) is 2.99. The van der Waals surface area contributed by atoms with Gasteiger partial charge in [-0.25, -0.2) is 4.39 Å². The van der Waals surface area contributed by atoms with Crippen LogP contribution >= 0.6 is 0 Å². The number of amides is 1. The highest BCUT2D eigenvalue weighted by Crippen LogP contribution is 2.28. The first kappa shape index (κ1) is 17.6. The number of rotatable bonds is 7. The lowest BCUT2D eigenvalue weighted by Crippen LogP contribution is -2.23. The minimum Gasteiger partial charge on any atom is -0.497 e. The number of hydrogen-bond acceptors (Lipinski definition) is 4. The molecule has 0 aromatic heterocycles. The van der Waals surface area contributed by atoms with Crippen molar-refractivity contribution < 1.29 is 23.4 Å². The molecule has 0 saturated carbocycles. The summed E-state index contributed by atoms with van der Waals surface area (Å²) in [6.45, 7) is 2.66. The Labute approximate surface area is 140 Å². The van der Waals surface area contributed by atoms with Crippen LogP contribution in [-0.4, -0.2) is 26.7 Å². The minimum absolute atomic E-state index is 0.0336. The van der Waals surface area contributed by atoms with E-state index in [1.807, 2.05) is 13.0 Å². The Morgan fingerprint density at radius 2 is 1.88 bits per heavy atom. The molecular formula is C18H20FNO4. The summed E-state index contributed by atoms with van der Waals surface area (Å²) in [5.41, 5.74) is 0.784. The van der Waals surface area contributed by atoms with Crippen LogP contribution in [0.1, 0.15) is 22.8 Å². The predicted octanol–water partition coefficient (Wildman–Crippen LogP) is 3.17. The number of halogens is 1. The predicted molar refractivity (Wildman–Crippen MR) is 88.3 cm³/mol. The Morgan fingerprint density at radius 3 is 2.50 bits per heavy atom. The van der Waals surface area contributed by atoms with E-state index >= 15 is 0 Å². The van der Waals surface area contributed by atoms with E-state index in [4.69, 9.17) is 14.2 Å². The van der Waals surface area contributed by atoms with E-state index < -0.39 is 11.7 Å². The average Bonchev–Trinajstić information content (AvgIpc) is 2.60. The van der Waals surface area contributed by atoms with Gasteiger partial charge in [0.2, 0.25) is 0 Å². The van der Waals surface area contributed by atoms with Crippen molar-refractivity contribution in [2.45, 2.75) is 13.5 Å². The first-order valence-corrected chi connectivity index (χ1v) is 7.50. The molecule has 0 aliphatic rings. The van der Waals surface area contributed by atoms with Crippen LogP contribution < -0.4 is 19.5 Å². The quantitative estimate of drug-likeness (QED) is 0.845. The van der Waals surface area contributed by atoms with Gasteiger partial charge in [0, 0.05) is 12.6 Å². The fourth-order valence-electron chi connectivity index (χ4n) is 2.18. The summed E-state index contributed by atoms with van der Waals surface area (Å²) in [5, 5.41) is 2.68.